The average molecular weight is 479 g/mol. The van der Waals surface area contributed by atoms with Crippen LogP contribution in [0.2, 0.25) is 0 Å². The van der Waals surface area contributed by atoms with Gasteiger partial charge in [-0.3, -0.25) is 9.59 Å². The largest absolute Gasteiger partial charge is 0.454 e. The summed E-state index contributed by atoms with van der Waals surface area (Å²) in [6.07, 6.45) is 1.64. The number of aryl methyl sites for hydroxylation is 1. The van der Waals surface area contributed by atoms with Crippen LogP contribution >= 0.6 is 22.6 Å². The Labute approximate surface area is 170 Å². The van der Waals surface area contributed by atoms with Gasteiger partial charge >= 0.3 is 0 Å². The Morgan fingerprint density at radius 1 is 1.11 bits per heavy atom. The van der Waals surface area contributed by atoms with Crippen LogP contribution < -0.4 is 20.2 Å². The second-order valence-electron chi connectivity index (χ2n) is 5.91. The molecule has 0 aliphatic carbocycles. The van der Waals surface area contributed by atoms with Crippen molar-refractivity contribution in [2.45, 2.75) is 19.8 Å². The fourth-order valence-corrected chi connectivity index (χ4v) is 3.08. The molecule has 1 heterocycles. The van der Waals surface area contributed by atoms with Gasteiger partial charge in [0, 0.05) is 22.1 Å². The lowest BCUT2D eigenvalue weighted by molar-refractivity contribution is -0.124. The smallest absolute Gasteiger partial charge is 0.240 e. The Hall–Kier alpha value is -2.62. The van der Waals surface area contributed by atoms with E-state index in [4.69, 9.17) is 9.47 Å². The zero-order valence-corrected chi connectivity index (χ0v) is 16.8. The quantitative estimate of drug-likeness (QED) is 0.379. The van der Waals surface area contributed by atoms with E-state index in [9.17, 15) is 9.59 Å². The Bertz CT molecular complexity index is 899. The van der Waals surface area contributed by atoms with E-state index in [1.54, 1.807) is 18.2 Å². The summed E-state index contributed by atoms with van der Waals surface area (Å²) < 4.78 is 11.6. The van der Waals surface area contributed by atoms with Crippen molar-refractivity contribution < 1.29 is 19.1 Å². The number of fused-ring (bicyclic) bond motifs is 1. The molecular weight excluding hydrogens is 461 g/mol. The molecule has 0 saturated heterocycles. The number of carbonyl (C=O) groups is 2. The summed E-state index contributed by atoms with van der Waals surface area (Å²) >= 11 is 2.21. The van der Waals surface area contributed by atoms with Crippen molar-refractivity contribution >= 4 is 46.3 Å². The molecule has 7 nitrogen and oxygen atoms in total. The first-order chi connectivity index (χ1) is 13.0. The fourth-order valence-electron chi connectivity index (χ4n) is 2.44. The average Bonchev–Trinajstić information content (AvgIpc) is 3.10. The molecule has 0 radical (unpaired) electrons. The molecule has 0 aromatic heterocycles. The van der Waals surface area contributed by atoms with Crippen LogP contribution in [0.5, 0.6) is 11.5 Å². The van der Waals surface area contributed by atoms with Gasteiger partial charge in [0.15, 0.2) is 11.5 Å². The molecule has 1 aliphatic rings. The van der Waals surface area contributed by atoms with Crippen molar-refractivity contribution in [1.82, 2.24) is 5.43 Å². The molecular formula is C19H18IN3O4. The number of hydrogen-bond donors (Lipinski definition) is 2. The van der Waals surface area contributed by atoms with E-state index < -0.39 is 0 Å². The third kappa shape index (κ3) is 5.43. The highest BCUT2D eigenvalue weighted by molar-refractivity contribution is 14.1. The summed E-state index contributed by atoms with van der Waals surface area (Å²) in [6.45, 7) is 2.13. The molecule has 140 valence electrons. The number of nitrogens with zero attached hydrogens (tertiary/aromatic N) is 1. The lowest BCUT2D eigenvalue weighted by atomic mass is 10.2. The highest BCUT2D eigenvalue weighted by Crippen LogP contribution is 2.31. The molecule has 0 fully saturated rings. The summed E-state index contributed by atoms with van der Waals surface area (Å²) in [4.78, 5) is 23.8. The summed E-state index contributed by atoms with van der Waals surface area (Å²) in [6, 6.07) is 11.1. The summed E-state index contributed by atoms with van der Waals surface area (Å²) in [7, 11) is 0. The van der Waals surface area contributed by atoms with Gasteiger partial charge in [0.1, 0.15) is 0 Å². The third-order valence-electron chi connectivity index (χ3n) is 3.84. The zero-order valence-electron chi connectivity index (χ0n) is 14.6. The van der Waals surface area contributed by atoms with Crippen LogP contribution in [0.3, 0.4) is 0 Å². The predicted molar refractivity (Wildman–Crippen MR) is 110 cm³/mol. The molecule has 0 unspecified atom stereocenters. The molecule has 0 bridgehead atoms. The van der Waals surface area contributed by atoms with Crippen LogP contribution in [0, 0.1) is 10.5 Å². The number of benzene rings is 2. The van der Waals surface area contributed by atoms with Gasteiger partial charge in [0.25, 0.3) is 0 Å². The third-order valence-corrected chi connectivity index (χ3v) is 4.51. The van der Waals surface area contributed by atoms with E-state index in [1.165, 1.54) is 6.21 Å². The summed E-state index contributed by atoms with van der Waals surface area (Å²) in [5.74, 6) is 0.786. The molecule has 3 rings (SSSR count). The lowest BCUT2D eigenvalue weighted by Crippen LogP contribution is -2.20. The minimum absolute atomic E-state index is 0.0493. The van der Waals surface area contributed by atoms with E-state index in [2.05, 4.69) is 38.4 Å². The number of nitrogens with one attached hydrogen (secondary N) is 2. The number of halogens is 1. The first kappa shape index (κ1) is 19.2. The molecule has 1 aliphatic heterocycles. The first-order valence-electron chi connectivity index (χ1n) is 8.29. The van der Waals surface area contributed by atoms with Crippen molar-refractivity contribution in [2.75, 3.05) is 12.1 Å². The number of ether oxygens (including phenoxy) is 2. The minimum Gasteiger partial charge on any atom is -0.454 e. The monoisotopic (exact) mass is 479 g/mol. The van der Waals surface area contributed by atoms with Gasteiger partial charge in [0.05, 0.1) is 6.21 Å². The zero-order chi connectivity index (χ0) is 19.2. The number of amides is 2. The molecule has 2 N–H and O–H groups in total. The molecule has 0 atom stereocenters. The summed E-state index contributed by atoms with van der Waals surface area (Å²) in [5, 5.41) is 6.71. The standard InChI is InChI=1S/C19H18IN3O4/c1-12-8-14(20)3-4-15(12)22-18(24)6-7-19(25)23-21-10-13-2-5-16-17(9-13)27-11-26-16/h2-5,8-10H,6-7,11H2,1H3,(H,22,24)(H,23,25). The Morgan fingerprint density at radius 2 is 1.89 bits per heavy atom. The minimum atomic E-state index is -0.332. The molecule has 8 heteroatoms. The van der Waals surface area contributed by atoms with Crippen molar-refractivity contribution in [3.8, 4) is 11.5 Å². The molecule has 2 aromatic rings. The van der Waals surface area contributed by atoms with Gasteiger partial charge < -0.3 is 14.8 Å². The molecule has 2 amide bonds. The van der Waals surface area contributed by atoms with E-state index in [0.717, 1.165) is 20.4 Å². The van der Waals surface area contributed by atoms with Crippen molar-refractivity contribution in [3.05, 3.63) is 51.1 Å². The predicted octanol–water partition coefficient (Wildman–Crippen LogP) is 3.20. The maximum atomic E-state index is 12.0. The number of rotatable bonds is 6. The normalized spacial score (nSPS) is 12.2. The number of carbonyl (C=O) groups excluding carboxylic acids is 2. The Kier molecular flexibility index (Phi) is 6.28. The topological polar surface area (TPSA) is 89.0 Å². The highest BCUT2D eigenvalue weighted by Gasteiger charge is 2.12. The van der Waals surface area contributed by atoms with Gasteiger partial charge in [-0.25, -0.2) is 5.43 Å². The SMILES string of the molecule is Cc1cc(I)ccc1NC(=O)CCC(=O)NN=Cc1ccc2c(c1)OCO2. The van der Waals surface area contributed by atoms with Crippen LogP contribution in [-0.2, 0) is 9.59 Å². The van der Waals surface area contributed by atoms with E-state index >= 15 is 0 Å². The highest BCUT2D eigenvalue weighted by atomic mass is 127. The van der Waals surface area contributed by atoms with Crippen molar-refractivity contribution in [1.29, 1.82) is 0 Å². The lowest BCUT2D eigenvalue weighted by Gasteiger charge is -2.08. The van der Waals surface area contributed by atoms with Crippen LogP contribution in [-0.4, -0.2) is 24.8 Å². The Balaban J connectivity index is 1.43. The van der Waals surface area contributed by atoms with Gasteiger partial charge in [-0.1, -0.05) is 0 Å². The van der Waals surface area contributed by atoms with Crippen molar-refractivity contribution in [3.63, 3.8) is 0 Å². The second kappa shape index (κ2) is 8.85. The fraction of sp³-hybridized carbons (Fsp3) is 0.211. The van der Waals surface area contributed by atoms with Gasteiger partial charge in [-0.15, -0.1) is 0 Å². The van der Waals surface area contributed by atoms with Crippen LogP contribution in [0.4, 0.5) is 5.69 Å². The maximum absolute atomic E-state index is 12.0. The van der Waals surface area contributed by atoms with E-state index in [-0.39, 0.29) is 31.4 Å². The van der Waals surface area contributed by atoms with Crippen LogP contribution in [0.25, 0.3) is 0 Å². The maximum Gasteiger partial charge on any atom is 0.240 e. The Morgan fingerprint density at radius 3 is 2.70 bits per heavy atom. The van der Waals surface area contributed by atoms with E-state index in [0.29, 0.717) is 11.5 Å². The van der Waals surface area contributed by atoms with Crippen LogP contribution in [0.1, 0.15) is 24.0 Å². The van der Waals surface area contributed by atoms with E-state index in [1.807, 2.05) is 25.1 Å². The number of hydrogen-bond acceptors (Lipinski definition) is 5. The van der Waals surface area contributed by atoms with Gasteiger partial charge in [-0.05, 0) is 77.0 Å². The second-order valence-corrected chi connectivity index (χ2v) is 7.16. The van der Waals surface area contributed by atoms with Crippen molar-refractivity contribution in [2.24, 2.45) is 5.10 Å². The number of anilines is 1. The number of hydrazone groups is 1. The molecule has 0 spiro atoms. The molecule has 27 heavy (non-hydrogen) atoms. The first-order valence-corrected chi connectivity index (χ1v) is 9.37. The molecule has 0 saturated carbocycles. The molecule has 2 aromatic carbocycles. The van der Waals surface area contributed by atoms with Gasteiger partial charge in [-0.2, -0.15) is 5.10 Å². The van der Waals surface area contributed by atoms with Crippen LogP contribution in [0.15, 0.2) is 41.5 Å². The summed E-state index contributed by atoms with van der Waals surface area (Å²) in [5.41, 5.74) is 4.92. The van der Waals surface area contributed by atoms with Gasteiger partial charge in [0.2, 0.25) is 18.6 Å².